The van der Waals surface area contributed by atoms with Crippen LogP contribution in [0.25, 0.3) is 11.5 Å². The summed E-state index contributed by atoms with van der Waals surface area (Å²) in [6.07, 6.45) is -4.50. The Morgan fingerprint density at radius 2 is 1.65 bits per heavy atom. The zero-order valence-electron chi connectivity index (χ0n) is 8.60. The topological polar surface area (TPSA) is 64.5 Å². The maximum atomic E-state index is 12.4. The lowest BCUT2D eigenvalue weighted by Crippen LogP contribution is -2.09. The van der Waals surface area contributed by atoms with Gasteiger partial charge >= 0.3 is 6.18 Å². The summed E-state index contributed by atoms with van der Waals surface area (Å²) in [6, 6.07) is 3.47. The highest BCUT2D eigenvalue weighted by Crippen LogP contribution is 2.28. The molecule has 0 aliphatic carbocycles. The maximum absolute atomic E-state index is 12.4. The minimum absolute atomic E-state index is 0.0141. The van der Waals surface area contributed by atoms with E-state index < -0.39 is 11.9 Å². The molecule has 88 valence electrons. The Bertz CT molecular complexity index is 523. The normalized spacial score (nSPS) is 11.5. The number of hydrogen-bond donors (Lipinski definition) is 0. The molecule has 0 atom stereocenters. The summed E-state index contributed by atoms with van der Waals surface area (Å²) in [5, 5.41) is 14.4. The Kier molecular flexibility index (Phi) is 2.70. The SMILES string of the molecule is Cc1nnc(-c2cccc(C(F)(F)F)n2)nn1. The molecule has 0 bridgehead atoms. The van der Waals surface area contributed by atoms with E-state index in [0.29, 0.717) is 5.82 Å². The van der Waals surface area contributed by atoms with E-state index in [1.165, 1.54) is 12.1 Å². The zero-order chi connectivity index (χ0) is 12.5. The van der Waals surface area contributed by atoms with Crippen molar-refractivity contribution in [3.05, 3.63) is 29.7 Å². The third-order valence-corrected chi connectivity index (χ3v) is 1.85. The predicted molar refractivity (Wildman–Crippen MR) is 50.6 cm³/mol. The van der Waals surface area contributed by atoms with Gasteiger partial charge in [0, 0.05) is 0 Å². The third-order valence-electron chi connectivity index (χ3n) is 1.85. The Hall–Kier alpha value is -2.12. The zero-order valence-corrected chi connectivity index (χ0v) is 8.60. The van der Waals surface area contributed by atoms with Crippen LogP contribution in [-0.4, -0.2) is 25.4 Å². The molecule has 0 saturated carbocycles. The first kappa shape index (κ1) is 11.4. The van der Waals surface area contributed by atoms with Crippen molar-refractivity contribution in [1.82, 2.24) is 25.4 Å². The van der Waals surface area contributed by atoms with Gasteiger partial charge in [0.05, 0.1) is 0 Å². The van der Waals surface area contributed by atoms with Crippen LogP contribution < -0.4 is 0 Å². The summed E-state index contributed by atoms with van der Waals surface area (Å²) >= 11 is 0. The third kappa shape index (κ3) is 2.52. The molecule has 0 radical (unpaired) electrons. The van der Waals surface area contributed by atoms with Crippen LogP contribution in [0.1, 0.15) is 11.5 Å². The Balaban J connectivity index is 2.43. The second-order valence-electron chi connectivity index (χ2n) is 3.18. The molecular weight excluding hydrogens is 235 g/mol. The number of alkyl halides is 3. The lowest BCUT2D eigenvalue weighted by atomic mass is 10.3. The largest absolute Gasteiger partial charge is 0.433 e. The summed E-state index contributed by atoms with van der Waals surface area (Å²) in [7, 11) is 0. The van der Waals surface area contributed by atoms with Gasteiger partial charge in [-0.2, -0.15) is 13.2 Å². The summed E-state index contributed by atoms with van der Waals surface area (Å²) in [4.78, 5) is 3.41. The number of rotatable bonds is 1. The van der Waals surface area contributed by atoms with Gasteiger partial charge in [0.2, 0.25) is 5.82 Å². The second kappa shape index (κ2) is 4.04. The highest BCUT2D eigenvalue weighted by atomic mass is 19.4. The molecule has 2 heterocycles. The molecule has 17 heavy (non-hydrogen) atoms. The van der Waals surface area contributed by atoms with E-state index in [1.807, 2.05) is 0 Å². The quantitative estimate of drug-likeness (QED) is 0.759. The molecule has 0 aliphatic heterocycles. The number of aromatic nitrogens is 5. The van der Waals surface area contributed by atoms with Crippen LogP contribution in [0.2, 0.25) is 0 Å². The fourth-order valence-corrected chi connectivity index (χ4v) is 1.10. The van der Waals surface area contributed by atoms with Crippen LogP contribution in [0.15, 0.2) is 18.2 Å². The molecule has 2 aromatic heterocycles. The smallest absolute Gasteiger partial charge is 0.240 e. The summed E-state index contributed by atoms with van der Waals surface area (Å²) in [5.74, 6) is 0.294. The van der Waals surface area contributed by atoms with Crippen molar-refractivity contribution < 1.29 is 13.2 Å². The Morgan fingerprint density at radius 1 is 1.00 bits per heavy atom. The van der Waals surface area contributed by atoms with E-state index in [0.717, 1.165) is 6.07 Å². The second-order valence-corrected chi connectivity index (χ2v) is 3.18. The van der Waals surface area contributed by atoms with Gasteiger partial charge in [-0.3, -0.25) is 0 Å². The van der Waals surface area contributed by atoms with E-state index in [9.17, 15) is 13.2 Å². The number of pyridine rings is 1. The molecular formula is C9H6F3N5. The molecule has 0 aliphatic rings. The summed E-state index contributed by atoms with van der Waals surface area (Å²) < 4.78 is 37.2. The molecule has 2 rings (SSSR count). The standard InChI is InChI=1S/C9H6F3N5/c1-5-14-16-8(17-15-5)6-3-2-4-7(13-6)9(10,11)12/h2-4H,1H3. The fraction of sp³-hybridized carbons (Fsp3) is 0.222. The average molecular weight is 241 g/mol. The average Bonchev–Trinajstić information content (AvgIpc) is 2.29. The van der Waals surface area contributed by atoms with Crippen molar-refractivity contribution in [3.8, 4) is 11.5 Å². The van der Waals surface area contributed by atoms with Crippen LogP contribution in [0.3, 0.4) is 0 Å². The van der Waals surface area contributed by atoms with Gasteiger partial charge in [0.15, 0.2) is 5.82 Å². The molecule has 5 nitrogen and oxygen atoms in total. The summed E-state index contributed by atoms with van der Waals surface area (Å²) in [5.41, 5.74) is -1.01. The van der Waals surface area contributed by atoms with Gasteiger partial charge in [-0.15, -0.1) is 20.4 Å². The van der Waals surface area contributed by atoms with Gasteiger partial charge < -0.3 is 0 Å². The van der Waals surface area contributed by atoms with E-state index >= 15 is 0 Å². The van der Waals surface area contributed by atoms with Crippen molar-refractivity contribution in [2.75, 3.05) is 0 Å². The lowest BCUT2D eigenvalue weighted by molar-refractivity contribution is -0.141. The van der Waals surface area contributed by atoms with Crippen LogP contribution in [0.4, 0.5) is 13.2 Å². The highest BCUT2D eigenvalue weighted by Gasteiger charge is 2.32. The van der Waals surface area contributed by atoms with Crippen molar-refractivity contribution in [2.24, 2.45) is 0 Å². The van der Waals surface area contributed by atoms with E-state index in [-0.39, 0.29) is 11.5 Å². The van der Waals surface area contributed by atoms with Crippen molar-refractivity contribution >= 4 is 0 Å². The fourth-order valence-electron chi connectivity index (χ4n) is 1.10. The molecule has 0 unspecified atom stereocenters. The molecule has 2 aromatic rings. The van der Waals surface area contributed by atoms with Crippen molar-refractivity contribution in [3.63, 3.8) is 0 Å². The first-order valence-electron chi connectivity index (χ1n) is 4.55. The maximum Gasteiger partial charge on any atom is 0.433 e. The minimum Gasteiger partial charge on any atom is -0.240 e. The first-order valence-corrected chi connectivity index (χ1v) is 4.55. The highest BCUT2D eigenvalue weighted by molar-refractivity contribution is 5.47. The van der Waals surface area contributed by atoms with Crippen LogP contribution in [-0.2, 0) is 6.18 Å². The van der Waals surface area contributed by atoms with Crippen molar-refractivity contribution in [1.29, 1.82) is 0 Å². The van der Waals surface area contributed by atoms with Gasteiger partial charge in [-0.05, 0) is 19.1 Å². The minimum atomic E-state index is -4.50. The van der Waals surface area contributed by atoms with Gasteiger partial charge in [-0.25, -0.2) is 4.98 Å². The van der Waals surface area contributed by atoms with Gasteiger partial charge in [0.1, 0.15) is 11.4 Å². The van der Waals surface area contributed by atoms with Gasteiger partial charge in [-0.1, -0.05) is 6.07 Å². The predicted octanol–water partition coefficient (Wildman–Crippen LogP) is 1.66. The summed E-state index contributed by atoms with van der Waals surface area (Å²) in [6.45, 7) is 1.57. The molecule has 0 aromatic carbocycles. The van der Waals surface area contributed by atoms with E-state index in [2.05, 4.69) is 25.4 Å². The van der Waals surface area contributed by atoms with E-state index in [4.69, 9.17) is 0 Å². The Labute approximate surface area is 93.8 Å². The first-order chi connectivity index (χ1) is 7.97. The van der Waals surface area contributed by atoms with Gasteiger partial charge in [0.25, 0.3) is 0 Å². The van der Waals surface area contributed by atoms with E-state index in [1.54, 1.807) is 6.92 Å². The monoisotopic (exact) mass is 241 g/mol. The van der Waals surface area contributed by atoms with Crippen LogP contribution in [0.5, 0.6) is 0 Å². The molecule has 0 spiro atoms. The number of halogens is 3. The van der Waals surface area contributed by atoms with Crippen LogP contribution in [0, 0.1) is 6.92 Å². The Morgan fingerprint density at radius 3 is 2.24 bits per heavy atom. The molecule has 8 heteroatoms. The van der Waals surface area contributed by atoms with Crippen LogP contribution >= 0.6 is 0 Å². The van der Waals surface area contributed by atoms with Crippen molar-refractivity contribution in [2.45, 2.75) is 13.1 Å². The number of nitrogens with zero attached hydrogens (tertiary/aromatic N) is 5. The lowest BCUT2D eigenvalue weighted by Gasteiger charge is -2.06. The molecule has 0 N–H and O–H groups in total. The number of aryl methyl sites for hydroxylation is 1. The molecule has 0 amide bonds. The number of hydrogen-bond acceptors (Lipinski definition) is 5. The molecule has 0 fully saturated rings. The molecule has 0 saturated heterocycles.